The Labute approximate surface area is 276 Å². The molecule has 0 aliphatic heterocycles. The summed E-state index contributed by atoms with van der Waals surface area (Å²) in [6.07, 6.45) is 7.02. The Morgan fingerprint density at radius 3 is 1.68 bits per heavy atom. The molecule has 0 bridgehead atoms. The first-order valence-electron chi connectivity index (χ1n) is 16.4. The molecular weight excluding hydrogens is 569 g/mol. The second-order valence-corrected chi connectivity index (χ2v) is 12.9. The molecule has 47 heavy (non-hydrogen) atoms. The lowest BCUT2D eigenvalue weighted by Gasteiger charge is -2.34. The number of fused-ring (bicyclic) bond motifs is 10. The molecule has 3 aliphatic rings. The van der Waals surface area contributed by atoms with E-state index in [9.17, 15) is 5.26 Å². The van der Waals surface area contributed by atoms with E-state index in [0.717, 1.165) is 17.1 Å². The number of allylic oxidation sites excluding steroid dienone is 3. The van der Waals surface area contributed by atoms with Crippen LogP contribution in [0.1, 0.15) is 46.2 Å². The number of hydrogen-bond donors (Lipinski definition) is 0. The molecule has 0 amide bonds. The van der Waals surface area contributed by atoms with Gasteiger partial charge in [-0.15, -0.1) is 0 Å². The lowest BCUT2D eigenvalue weighted by atomic mass is 9.70. The Hall–Kier alpha value is -5.91. The van der Waals surface area contributed by atoms with Crippen LogP contribution < -0.4 is 4.90 Å². The van der Waals surface area contributed by atoms with Crippen LogP contribution in [0.2, 0.25) is 0 Å². The topological polar surface area (TPSA) is 27.0 Å². The van der Waals surface area contributed by atoms with Crippen molar-refractivity contribution < 1.29 is 0 Å². The van der Waals surface area contributed by atoms with E-state index in [1.165, 1.54) is 50.1 Å². The Bertz CT molecular complexity index is 2220. The van der Waals surface area contributed by atoms with Crippen LogP contribution in [-0.2, 0) is 5.41 Å². The highest BCUT2D eigenvalue weighted by molar-refractivity contribution is 5.96. The number of nitriles is 1. The molecule has 2 unspecified atom stereocenters. The Balaban J connectivity index is 1.26. The summed E-state index contributed by atoms with van der Waals surface area (Å²) < 4.78 is 0. The van der Waals surface area contributed by atoms with Crippen LogP contribution >= 0.6 is 0 Å². The van der Waals surface area contributed by atoms with E-state index in [-0.39, 0.29) is 0 Å². The van der Waals surface area contributed by atoms with E-state index in [2.05, 4.69) is 170 Å². The van der Waals surface area contributed by atoms with Crippen molar-refractivity contribution in [2.24, 2.45) is 5.92 Å². The smallest absolute Gasteiger partial charge is 0.0991 e. The average molecular weight is 601 g/mol. The number of benzene rings is 6. The number of rotatable bonds is 4. The highest BCUT2D eigenvalue weighted by atomic mass is 15.1. The van der Waals surface area contributed by atoms with E-state index in [1.807, 2.05) is 12.1 Å². The summed E-state index contributed by atoms with van der Waals surface area (Å²) in [5, 5.41) is 9.59. The van der Waals surface area contributed by atoms with Gasteiger partial charge < -0.3 is 4.90 Å². The average Bonchev–Trinajstić information content (AvgIpc) is 3.60. The minimum atomic E-state index is -0.409. The summed E-state index contributed by atoms with van der Waals surface area (Å²) in [5.41, 5.74) is 15.3. The fourth-order valence-electron chi connectivity index (χ4n) is 8.40. The van der Waals surface area contributed by atoms with Gasteiger partial charge in [0.1, 0.15) is 0 Å². The van der Waals surface area contributed by atoms with Gasteiger partial charge in [0.2, 0.25) is 0 Å². The third-order valence-corrected chi connectivity index (χ3v) is 10.4. The molecule has 2 heteroatoms. The maximum atomic E-state index is 9.59. The van der Waals surface area contributed by atoms with Crippen molar-refractivity contribution in [3.8, 4) is 28.3 Å². The molecule has 0 saturated carbocycles. The summed E-state index contributed by atoms with van der Waals surface area (Å²) in [6.45, 7) is 2.30. The minimum Gasteiger partial charge on any atom is -0.311 e. The van der Waals surface area contributed by atoms with Crippen molar-refractivity contribution >= 4 is 11.4 Å². The summed E-state index contributed by atoms with van der Waals surface area (Å²) in [4.78, 5) is 2.36. The lowest BCUT2D eigenvalue weighted by Crippen LogP contribution is -2.26. The van der Waals surface area contributed by atoms with Gasteiger partial charge in [0.15, 0.2) is 0 Å². The van der Waals surface area contributed by atoms with Gasteiger partial charge in [0, 0.05) is 23.0 Å². The molecule has 6 aromatic carbocycles. The van der Waals surface area contributed by atoms with Crippen LogP contribution in [0.5, 0.6) is 0 Å². The van der Waals surface area contributed by atoms with Crippen LogP contribution in [-0.4, -0.2) is 0 Å². The molecule has 222 valence electrons. The van der Waals surface area contributed by atoms with Gasteiger partial charge in [-0.05, 0) is 98.5 Å². The van der Waals surface area contributed by atoms with Gasteiger partial charge in [-0.2, -0.15) is 5.26 Å². The molecule has 0 fully saturated rings. The van der Waals surface area contributed by atoms with E-state index < -0.39 is 5.41 Å². The van der Waals surface area contributed by atoms with Crippen LogP contribution in [0.3, 0.4) is 0 Å². The van der Waals surface area contributed by atoms with E-state index in [1.54, 1.807) is 0 Å². The Morgan fingerprint density at radius 1 is 0.574 bits per heavy atom. The van der Waals surface area contributed by atoms with Crippen LogP contribution in [0.25, 0.3) is 22.3 Å². The first kappa shape index (κ1) is 27.4. The molecule has 2 atom stereocenters. The number of hydrogen-bond acceptors (Lipinski definition) is 2. The fourth-order valence-corrected chi connectivity index (χ4v) is 8.40. The highest BCUT2D eigenvalue weighted by Gasteiger charge is 2.51. The van der Waals surface area contributed by atoms with Gasteiger partial charge in [-0.3, -0.25) is 0 Å². The minimum absolute atomic E-state index is 0.303. The predicted octanol–water partition coefficient (Wildman–Crippen LogP) is 10.9. The third-order valence-electron chi connectivity index (χ3n) is 10.4. The second-order valence-electron chi connectivity index (χ2n) is 12.9. The molecule has 6 aromatic rings. The monoisotopic (exact) mass is 600 g/mol. The molecule has 0 aromatic heterocycles. The molecule has 2 nitrogen and oxygen atoms in total. The lowest BCUT2D eigenvalue weighted by molar-refractivity contribution is 0.628. The molecule has 0 heterocycles. The summed E-state index contributed by atoms with van der Waals surface area (Å²) in [6, 6.07) is 54.9. The quantitative estimate of drug-likeness (QED) is 0.201. The molecule has 1 spiro atoms. The van der Waals surface area contributed by atoms with E-state index in [0.29, 0.717) is 17.4 Å². The maximum absolute atomic E-state index is 9.59. The van der Waals surface area contributed by atoms with Crippen LogP contribution in [0.4, 0.5) is 11.4 Å². The van der Waals surface area contributed by atoms with E-state index >= 15 is 0 Å². The molecule has 3 aliphatic carbocycles. The Kier molecular flexibility index (Phi) is 6.17. The molecule has 0 radical (unpaired) electrons. The number of anilines is 2. The van der Waals surface area contributed by atoms with Crippen LogP contribution in [0.15, 0.2) is 170 Å². The van der Waals surface area contributed by atoms with Crippen molar-refractivity contribution in [2.45, 2.75) is 18.3 Å². The summed E-state index contributed by atoms with van der Waals surface area (Å²) in [7, 11) is 0. The zero-order chi connectivity index (χ0) is 31.5. The third kappa shape index (κ3) is 3.97. The van der Waals surface area contributed by atoms with Gasteiger partial charge in [0.25, 0.3) is 0 Å². The highest BCUT2D eigenvalue weighted by Crippen LogP contribution is 2.63. The van der Waals surface area contributed by atoms with Crippen molar-refractivity contribution in [3.05, 3.63) is 203 Å². The maximum Gasteiger partial charge on any atom is 0.0991 e. The van der Waals surface area contributed by atoms with Gasteiger partial charge in [-0.1, -0.05) is 128 Å². The first-order valence-corrected chi connectivity index (χ1v) is 16.4. The summed E-state index contributed by atoms with van der Waals surface area (Å²) in [5.74, 6) is 0.615. The van der Waals surface area contributed by atoms with Crippen molar-refractivity contribution in [1.29, 1.82) is 5.26 Å². The Morgan fingerprint density at radius 2 is 1.11 bits per heavy atom. The molecule has 0 N–H and O–H groups in total. The molecule has 9 rings (SSSR count). The SMILES string of the molecule is CC1C=C(N(c2ccc(C#N)cc2)c2ccc3c(c2)C2(c4ccccc4-c4ccccc42)c2ccccc2-3)C=CC1c1ccccc1. The zero-order valence-electron chi connectivity index (χ0n) is 26.1. The van der Waals surface area contributed by atoms with E-state index in [4.69, 9.17) is 0 Å². The number of nitrogens with zero attached hydrogens (tertiary/aromatic N) is 2. The standard InChI is InChI=1S/C45H32N2/c1-30-27-34(23-25-36(30)32-11-3-2-4-12-32)47(33-21-19-31(29-46)20-22-33)35-24-26-40-39-15-7-10-18-43(39)45(44(40)28-35)41-16-8-5-13-37(41)38-14-6-9-17-42(38)45/h2-28,30,36H,1H3. The zero-order valence-corrected chi connectivity index (χ0v) is 26.1. The second kappa shape index (κ2) is 10.6. The molecule has 0 saturated heterocycles. The summed E-state index contributed by atoms with van der Waals surface area (Å²) >= 11 is 0. The van der Waals surface area contributed by atoms with Crippen molar-refractivity contribution in [1.82, 2.24) is 0 Å². The van der Waals surface area contributed by atoms with Gasteiger partial charge in [0.05, 0.1) is 17.0 Å². The van der Waals surface area contributed by atoms with Crippen molar-refractivity contribution in [3.63, 3.8) is 0 Å². The predicted molar refractivity (Wildman–Crippen MR) is 192 cm³/mol. The van der Waals surface area contributed by atoms with Gasteiger partial charge in [-0.25, -0.2) is 0 Å². The first-order chi connectivity index (χ1) is 23.2. The van der Waals surface area contributed by atoms with Crippen molar-refractivity contribution in [2.75, 3.05) is 4.90 Å². The van der Waals surface area contributed by atoms with Gasteiger partial charge >= 0.3 is 0 Å². The normalized spacial score (nSPS) is 17.7. The largest absolute Gasteiger partial charge is 0.311 e. The molecular formula is C45H32N2. The van der Waals surface area contributed by atoms with Crippen LogP contribution in [0, 0.1) is 17.2 Å². The fraction of sp³-hybridized carbons (Fsp3) is 0.0889.